The molecule has 12 heavy (non-hydrogen) atoms. The van der Waals surface area contributed by atoms with Gasteiger partial charge in [0, 0.05) is 13.6 Å². The van der Waals surface area contributed by atoms with Gasteiger partial charge in [-0.1, -0.05) is 0 Å². The van der Waals surface area contributed by atoms with Gasteiger partial charge >= 0.3 is 5.97 Å². The highest BCUT2D eigenvalue weighted by molar-refractivity contribution is 5.85. The summed E-state index contributed by atoms with van der Waals surface area (Å²) in [6.45, 7) is 2.64. The monoisotopic (exact) mass is 170 g/mol. The number of nitrogens with zero attached hydrogens (tertiary/aromatic N) is 2. The van der Waals surface area contributed by atoms with Crippen LogP contribution in [-0.2, 0) is 0 Å². The van der Waals surface area contributed by atoms with E-state index >= 15 is 0 Å². The first-order valence-corrected chi connectivity index (χ1v) is 3.55. The van der Waals surface area contributed by atoms with Crippen molar-refractivity contribution in [3.05, 3.63) is 12.0 Å². The zero-order valence-corrected chi connectivity index (χ0v) is 6.94. The molecule has 5 heteroatoms. The highest BCUT2D eigenvalue weighted by Crippen LogP contribution is 2.10. The first kappa shape index (κ1) is 8.58. The van der Waals surface area contributed by atoms with Crippen molar-refractivity contribution in [2.45, 2.75) is 6.92 Å². The quantitative estimate of drug-likeness (QED) is 0.727. The first-order chi connectivity index (χ1) is 5.65. The molecule has 0 aliphatic rings. The molecule has 0 saturated heterocycles. The zero-order chi connectivity index (χ0) is 9.14. The summed E-state index contributed by atoms with van der Waals surface area (Å²) in [6.07, 6.45) is 1.13. The maximum atomic E-state index is 10.4. The van der Waals surface area contributed by atoms with E-state index in [2.05, 4.69) is 4.98 Å². The molecule has 0 aliphatic carbocycles. The van der Waals surface area contributed by atoms with Crippen molar-refractivity contribution in [1.29, 1.82) is 0 Å². The molecule has 0 fully saturated rings. The Labute approximate surface area is 69.6 Å². The van der Waals surface area contributed by atoms with Crippen LogP contribution in [0.2, 0.25) is 0 Å². The summed E-state index contributed by atoms with van der Waals surface area (Å²) in [4.78, 5) is 15.8. The molecule has 0 atom stereocenters. The SMILES string of the molecule is CCN(C)c1nc(C(=O)O)co1. The van der Waals surface area contributed by atoms with E-state index in [1.807, 2.05) is 6.92 Å². The molecular formula is C7H10N2O3. The van der Waals surface area contributed by atoms with Gasteiger partial charge in [-0.15, -0.1) is 0 Å². The van der Waals surface area contributed by atoms with Gasteiger partial charge in [0.15, 0.2) is 5.69 Å². The second-order valence-corrected chi connectivity index (χ2v) is 2.33. The van der Waals surface area contributed by atoms with E-state index in [0.29, 0.717) is 6.01 Å². The summed E-state index contributed by atoms with van der Waals surface area (Å²) in [7, 11) is 1.78. The Hall–Kier alpha value is -1.52. The Kier molecular flexibility index (Phi) is 2.32. The second-order valence-electron chi connectivity index (χ2n) is 2.33. The first-order valence-electron chi connectivity index (χ1n) is 3.55. The average molecular weight is 170 g/mol. The van der Waals surface area contributed by atoms with Gasteiger partial charge in [0.1, 0.15) is 6.26 Å². The van der Waals surface area contributed by atoms with E-state index < -0.39 is 5.97 Å². The summed E-state index contributed by atoms with van der Waals surface area (Å²) in [5.41, 5.74) is -0.0645. The molecule has 1 N–H and O–H groups in total. The van der Waals surface area contributed by atoms with E-state index in [4.69, 9.17) is 9.52 Å². The number of carboxylic acid groups (broad SMARTS) is 1. The lowest BCUT2D eigenvalue weighted by atomic mass is 10.5. The molecule has 0 spiro atoms. The molecule has 66 valence electrons. The number of rotatable bonds is 3. The number of hydrogen-bond acceptors (Lipinski definition) is 4. The molecule has 1 aromatic heterocycles. The van der Waals surface area contributed by atoms with Crippen LogP contribution in [0.25, 0.3) is 0 Å². The molecule has 1 aromatic rings. The minimum absolute atomic E-state index is 0.0645. The van der Waals surface area contributed by atoms with Crippen LogP contribution in [0.1, 0.15) is 17.4 Å². The minimum Gasteiger partial charge on any atom is -0.476 e. The highest BCUT2D eigenvalue weighted by atomic mass is 16.4. The van der Waals surface area contributed by atoms with Crippen LogP contribution in [0.3, 0.4) is 0 Å². The van der Waals surface area contributed by atoms with Gasteiger partial charge in [-0.25, -0.2) is 4.79 Å². The van der Waals surface area contributed by atoms with Crippen LogP contribution in [0, 0.1) is 0 Å². The third-order valence-corrected chi connectivity index (χ3v) is 1.51. The van der Waals surface area contributed by atoms with E-state index in [1.165, 1.54) is 0 Å². The summed E-state index contributed by atoms with van der Waals surface area (Å²) in [5.74, 6) is -1.07. The Morgan fingerprint density at radius 3 is 2.92 bits per heavy atom. The number of aromatic carboxylic acids is 1. The van der Waals surface area contributed by atoms with Crippen LogP contribution >= 0.6 is 0 Å². The van der Waals surface area contributed by atoms with Gasteiger partial charge in [0.2, 0.25) is 0 Å². The topological polar surface area (TPSA) is 66.6 Å². The molecule has 0 unspecified atom stereocenters. The van der Waals surface area contributed by atoms with Crippen molar-refractivity contribution in [3.63, 3.8) is 0 Å². The Morgan fingerprint density at radius 2 is 2.50 bits per heavy atom. The van der Waals surface area contributed by atoms with Crippen LogP contribution < -0.4 is 4.90 Å². The highest BCUT2D eigenvalue weighted by Gasteiger charge is 2.11. The maximum Gasteiger partial charge on any atom is 0.357 e. The Morgan fingerprint density at radius 1 is 1.83 bits per heavy atom. The molecular weight excluding hydrogens is 160 g/mol. The van der Waals surface area contributed by atoms with E-state index in [9.17, 15) is 4.79 Å². The van der Waals surface area contributed by atoms with Crippen LogP contribution in [0.5, 0.6) is 0 Å². The van der Waals surface area contributed by atoms with Crippen molar-refractivity contribution >= 4 is 12.0 Å². The van der Waals surface area contributed by atoms with Crippen LogP contribution in [0.4, 0.5) is 6.01 Å². The predicted molar refractivity (Wildman–Crippen MR) is 42.4 cm³/mol. The predicted octanol–water partition coefficient (Wildman–Crippen LogP) is 0.829. The minimum atomic E-state index is -1.07. The van der Waals surface area contributed by atoms with Crippen molar-refractivity contribution < 1.29 is 14.3 Å². The van der Waals surface area contributed by atoms with Gasteiger partial charge in [-0.05, 0) is 6.92 Å². The fraction of sp³-hybridized carbons (Fsp3) is 0.429. The molecule has 5 nitrogen and oxygen atoms in total. The summed E-state index contributed by atoms with van der Waals surface area (Å²) in [5, 5.41) is 8.51. The molecule has 1 rings (SSSR count). The molecule has 0 bridgehead atoms. The summed E-state index contributed by atoms with van der Waals surface area (Å²) in [6, 6.07) is 0.329. The molecule has 1 heterocycles. The van der Waals surface area contributed by atoms with Crippen molar-refractivity contribution in [3.8, 4) is 0 Å². The third-order valence-electron chi connectivity index (χ3n) is 1.51. The number of aromatic nitrogens is 1. The van der Waals surface area contributed by atoms with Crippen molar-refractivity contribution in [2.24, 2.45) is 0 Å². The van der Waals surface area contributed by atoms with Gasteiger partial charge in [-0.3, -0.25) is 0 Å². The van der Waals surface area contributed by atoms with E-state index in [1.54, 1.807) is 11.9 Å². The van der Waals surface area contributed by atoms with E-state index in [0.717, 1.165) is 12.8 Å². The second kappa shape index (κ2) is 3.25. The van der Waals surface area contributed by atoms with Crippen molar-refractivity contribution in [1.82, 2.24) is 4.98 Å². The zero-order valence-electron chi connectivity index (χ0n) is 6.94. The molecule has 0 amide bonds. The fourth-order valence-corrected chi connectivity index (χ4v) is 0.673. The summed E-state index contributed by atoms with van der Waals surface area (Å²) < 4.78 is 4.91. The summed E-state index contributed by atoms with van der Waals surface area (Å²) >= 11 is 0. The van der Waals surface area contributed by atoms with E-state index in [-0.39, 0.29) is 5.69 Å². The smallest absolute Gasteiger partial charge is 0.357 e. The standard InChI is InChI=1S/C7H10N2O3/c1-3-9(2)7-8-5(4-12-7)6(10)11/h4H,3H2,1-2H3,(H,10,11). The lowest BCUT2D eigenvalue weighted by Crippen LogP contribution is -2.16. The number of anilines is 1. The van der Waals surface area contributed by atoms with Gasteiger partial charge < -0.3 is 14.4 Å². The normalized spacial score (nSPS) is 9.83. The lowest BCUT2D eigenvalue weighted by molar-refractivity contribution is 0.0690. The third kappa shape index (κ3) is 1.55. The van der Waals surface area contributed by atoms with Gasteiger partial charge in [0.25, 0.3) is 6.01 Å². The van der Waals surface area contributed by atoms with Crippen LogP contribution in [-0.4, -0.2) is 29.7 Å². The number of carboxylic acids is 1. The fourth-order valence-electron chi connectivity index (χ4n) is 0.673. The van der Waals surface area contributed by atoms with Crippen molar-refractivity contribution in [2.75, 3.05) is 18.5 Å². The molecule has 0 saturated carbocycles. The Bertz CT molecular complexity index is 282. The number of carbonyl (C=O) groups is 1. The van der Waals surface area contributed by atoms with Crippen LogP contribution in [0.15, 0.2) is 10.7 Å². The lowest BCUT2D eigenvalue weighted by Gasteiger charge is -2.09. The average Bonchev–Trinajstić information content (AvgIpc) is 2.51. The maximum absolute atomic E-state index is 10.4. The number of oxazole rings is 1. The molecule has 0 aliphatic heterocycles. The molecule has 0 radical (unpaired) electrons. The van der Waals surface area contributed by atoms with Gasteiger partial charge in [0.05, 0.1) is 0 Å². The molecule has 0 aromatic carbocycles. The number of hydrogen-bond donors (Lipinski definition) is 1. The Balaban J connectivity index is 2.84. The van der Waals surface area contributed by atoms with Gasteiger partial charge in [-0.2, -0.15) is 4.98 Å². The largest absolute Gasteiger partial charge is 0.476 e.